The van der Waals surface area contributed by atoms with Gasteiger partial charge in [0.2, 0.25) is 10.0 Å². The molecule has 1 amide bonds. The number of hydrogen-bond donors (Lipinski definition) is 1. The van der Waals surface area contributed by atoms with Gasteiger partial charge in [-0.25, -0.2) is 13.8 Å². The second kappa shape index (κ2) is 9.70. The van der Waals surface area contributed by atoms with Crippen LogP contribution in [0.1, 0.15) is 11.1 Å². The van der Waals surface area contributed by atoms with Crippen LogP contribution >= 0.6 is 0 Å². The molecule has 0 bridgehead atoms. The largest absolute Gasteiger partial charge is 0.490 e. The first kappa shape index (κ1) is 21.2. The van der Waals surface area contributed by atoms with Gasteiger partial charge >= 0.3 is 0 Å². The molecule has 0 radical (unpaired) electrons. The molecule has 8 heteroatoms. The van der Waals surface area contributed by atoms with Crippen molar-refractivity contribution in [1.29, 1.82) is 0 Å². The summed E-state index contributed by atoms with van der Waals surface area (Å²) in [4.78, 5) is 12.1. The Morgan fingerprint density at radius 1 is 1.18 bits per heavy atom. The molecule has 0 saturated carbocycles. The van der Waals surface area contributed by atoms with Crippen LogP contribution in [0.25, 0.3) is 0 Å². The normalized spacial score (nSPS) is 11.2. The lowest BCUT2D eigenvalue weighted by atomic mass is 10.2. The Morgan fingerprint density at radius 2 is 1.82 bits per heavy atom. The second-order valence-electron chi connectivity index (χ2n) is 6.07. The zero-order valence-corrected chi connectivity index (χ0v) is 16.6. The minimum absolute atomic E-state index is 0.367. The number of benzene rings is 2. The zero-order chi connectivity index (χ0) is 20.6. The highest BCUT2D eigenvalue weighted by atomic mass is 32.2. The summed E-state index contributed by atoms with van der Waals surface area (Å²) in [5, 5.41) is 3.87. The number of hydrogen-bond acceptors (Lipinski definition) is 5. The SMILES string of the molecule is C=CCOc1ccc(/C=N\NC(=O)CN(c2ccc(C)cc2)S(C)(=O)=O)cc1. The van der Waals surface area contributed by atoms with E-state index < -0.39 is 15.9 Å². The van der Waals surface area contributed by atoms with Crippen molar-refractivity contribution in [2.75, 3.05) is 23.7 Å². The Labute approximate surface area is 165 Å². The molecule has 2 rings (SSSR count). The van der Waals surface area contributed by atoms with Gasteiger partial charge in [-0.05, 0) is 48.9 Å². The van der Waals surface area contributed by atoms with Crippen molar-refractivity contribution in [3.63, 3.8) is 0 Å². The molecule has 1 N–H and O–H groups in total. The molecule has 0 aliphatic carbocycles. The summed E-state index contributed by atoms with van der Waals surface area (Å²) in [7, 11) is -3.62. The van der Waals surface area contributed by atoms with Crippen molar-refractivity contribution in [2.24, 2.45) is 5.10 Å². The molecule has 0 aliphatic heterocycles. The van der Waals surface area contributed by atoms with E-state index in [1.165, 1.54) is 6.21 Å². The van der Waals surface area contributed by atoms with Gasteiger partial charge in [-0.3, -0.25) is 9.10 Å². The monoisotopic (exact) mass is 401 g/mol. The minimum atomic E-state index is -3.62. The fourth-order valence-corrected chi connectivity index (χ4v) is 3.12. The fraction of sp³-hybridized carbons (Fsp3) is 0.200. The molecule has 0 saturated heterocycles. The van der Waals surface area contributed by atoms with E-state index >= 15 is 0 Å². The number of anilines is 1. The van der Waals surface area contributed by atoms with E-state index in [1.807, 2.05) is 6.92 Å². The topological polar surface area (TPSA) is 88.1 Å². The number of aryl methyl sites for hydroxylation is 1. The number of nitrogens with one attached hydrogen (secondary N) is 1. The third-order valence-corrected chi connectivity index (χ3v) is 4.80. The maximum atomic E-state index is 12.1. The summed E-state index contributed by atoms with van der Waals surface area (Å²) in [5.74, 6) is 0.149. The van der Waals surface area contributed by atoms with Crippen LogP contribution in [0.2, 0.25) is 0 Å². The van der Waals surface area contributed by atoms with Crippen molar-refractivity contribution in [3.05, 3.63) is 72.3 Å². The van der Waals surface area contributed by atoms with Crippen molar-refractivity contribution in [1.82, 2.24) is 5.43 Å². The average Bonchev–Trinajstić information content (AvgIpc) is 2.65. The first-order valence-electron chi connectivity index (χ1n) is 8.49. The van der Waals surface area contributed by atoms with Gasteiger partial charge in [-0.1, -0.05) is 30.4 Å². The molecule has 0 unspecified atom stereocenters. The maximum absolute atomic E-state index is 12.1. The van der Waals surface area contributed by atoms with Crippen LogP contribution in [-0.2, 0) is 14.8 Å². The van der Waals surface area contributed by atoms with Crippen molar-refractivity contribution >= 4 is 27.8 Å². The van der Waals surface area contributed by atoms with E-state index in [-0.39, 0.29) is 6.54 Å². The first-order chi connectivity index (χ1) is 13.3. The Morgan fingerprint density at radius 3 is 2.39 bits per heavy atom. The number of ether oxygens (including phenoxy) is 1. The van der Waals surface area contributed by atoms with Crippen LogP contribution in [0.15, 0.2) is 66.3 Å². The van der Waals surface area contributed by atoms with E-state index in [1.54, 1.807) is 54.6 Å². The highest BCUT2D eigenvalue weighted by Crippen LogP contribution is 2.17. The van der Waals surface area contributed by atoms with Gasteiger partial charge in [0.25, 0.3) is 5.91 Å². The van der Waals surface area contributed by atoms with Crippen molar-refractivity contribution < 1.29 is 17.9 Å². The standard InChI is InChI=1S/C20H23N3O4S/c1-4-13-27-19-11-7-17(8-12-19)14-21-22-20(24)15-23(28(3,25)26)18-9-5-16(2)6-10-18/h4-12,14H,1,13,15H2,2-3H3,(H,22,24)/b21-14-. The lowest BCUT2D eigenvalue weighted by Gasteiger charge is -2.21. The molecule has 0 aromatic heterocycles. The molecule has 2 aromatic rings. The Kier molecular flexibility index (Phi) is 7.34. The molecule has 0 heterocycles. The number of hydrazone groups is 1. The number of carbonyl (C=O) groups excluding carboxylic acids is 1. The van der Waals surface area contributed by atoms with E-state index in [2.05, 4.69) is 17.1 Å². The highest BCUT2D eigenvalue weighted by molar-refractivity contribution is 7.92. The summed E-state index contributed by atoms with van der Waals surface area (Å²) < 4.78 is 30.5. The van der Waals surface area contributed by atoms with Crippen LogP contribution in [-0.4, -0.2) is 39.9 Å². The van der Waals surface area contributed by atoms with Crippen LogP contribution < -0.4 is 14.5 Å². The average molecular weight is 401 g/mol. The van der Waals surface area contributed by atoms with Gasteiger partial charge in [0.05, 0.1) is 18.2 Å². The van der Waals surface area contributed by atoms with Gasteiger partial charge in [-0.15, -0.1) is 0 Å². The molecule has 0 spiro atoms. The third-order valence-electron chi connectivity index (χ3n) is 3.66. The van der Waals surface area contributed by atoms with Gasteiger partial charge in [0.15, 0.2) is 0 Å². The van der Waals surface area contributed by atoms with Gasteiger partial charge in [-0.2, -0.15) is 5.10 Å². The Hall–Kier alpha value is -3.13. The second-order valence-corrected chi connectivity index (χ2v) is 7.97. The predicted molar refractivity (Wildman–Crippen MR) is 111 cm³/mol. The molecule has 7 nitrogen and oxygen atoms in total. The van der Waals surface area contributed by atoms with Crippen LogP contribution in [0.3, 0.4) is 0 Å². The first-order valence-corrected chi connectivity index (χ1v) is 10.3. The number of carbonyl (C=O) groups is 1. The molecule has 0 fully saturated rings. The quantitative estimate of drug-likeness (QED) is 0.397. The molecule has 0 atom stereocenters. The summed E-state index contributed by atoms with van der Waals surface area (Å²) >= 11 is 0. The van der Waals surface area contributed by atoms with E-state index in [0.717, 1.165) is 21.7 Å². The number of nitrogens with zero attached hydrogens (tertiary/aromatic N) is 2. The lowest BCUT2D eigenvalue weighted by Crippen LogP contribution is -2.39. The summed E-state index contributed by atoms with van der Waals surface area (Å²) in [6, 6.07) is 14.0. The van der Waals surface area contributed by atoms with Crippen molar-refractivity contribution in [2.45, 2.75) is 6.92 Å². The predicted octanol–water partition coefficient (Wildman–Crippen LogP) is 2.48. The lowest BCUT2D eigenvalue weighted by molar-refractivity contribution is -0.119. The van der Waals surface area contributed by atoms with E-state index in [0.29, 0.717) is 18.0 Å². The fourth-order valence-electron chi connectivity index (χ4n) is 2.26. The number of rotatable bonds is 9. The number of sulfonamides is 1. The molecule has 28 heavy (non-hydrogen) atoms. The Balaban J connectivity index is 1.98. The molecule has 148 valence electrons. The van der Waals surface area contributed by atoms with Crippen LogP contribution in [0.4, 0.5) is 5.69 Å². The smallest absolute Gasteiger partial charge is 0.260 e. The van der Waals surface area contributed by atoms with Crippen LogP contribution in [0.5, 0.6) is 5.75 Å². The molecule has 2 aromatic carbocycles. The minimum Gasteiger partial charge on any atom is -0.490 e. The van der Waals surface area contributed by atoms with E-state index in [9.17, 15) is 13.2 Å². The van der Waals surface area contributed by atoms with Gasteiger partial charge < -0.3 is 4.74 Å². The van der Waals surface area contributed by atoms with Gasteiger partial charge in [0, 0.05) is 0 Å². The highest BCUT2D eigenvalue weighted by Gasteiger charge is 2.20. The molecule has 0 aliphatic rings. The molecular formula is C20H23N3O4S. The van der Waals surface area contributed by atoms with Crippen molar-refractivity contribution in [3.8, 4) is 5.75 Å². The summed E-state index contributed by atoms with van der Waals surface area (Å²) in [5.41, 5.74) is 4.51. The number of amides is 1. The maximum Gasteiger partial charge on any atom is 0.260 e. The Bertz CT molecular complexity index is 936. The summed E-state index contributed by atoms with van der Waals surface area (Å²) in [6.07, 6.45) is 4.17. The third kappa shape index (κ3) is 6.55. The van der Waals surface area contributed by atoms with E-state index in [4.69, 9.17) is 4.74 Å². The van der Waals surface area contributed by atoms with Crippen LogP contribution in [0, 0.1) is 6.92 Å². The molecular weight excluding hydrogens is 378 g/mol. The zero-order valence-electron chi connectivity index (χ0n) is 15.8. The van der Waals surface area contributed by atoms with Gasteiger partial charge in [0.1, 0.15) is 18.9 Å². The summed E-state index contributed by atoms with van der Waals surface area (Å²) in [6.45, 7) is 5.53.